The van der Waals surface area contributed by atoms with Crippen LogP contribution in [0.2, 0.25) is 0 Å². The van der Waals surface area contributed by atoms with E-state index in [1.165, 1.54) is 6.08 Å². The third-order valence-corrected chi connectivity index (χ3v) is 3.86. The first-order chi connectivity index (χ1) is 12.1. The normalized spacial score (nSPS) is 15.1. The fraction of sp³-hybridized carbons (Fsp3) is 0.750. The molecule has 6 heteroatoms. The lowest BCUT2D eigenvalue weighted by molar-refractivity contribution is -0.130. The molecule has 0 saturated carbocycles. The SMILES string of the molecule is CC(C)C[C@@H](/C=C/C#N)NC(=O)[C@H](CC(C)C)NC(=O)[C@@H](N)CC(C)C. The number of nitriles is 1. The van der Waals surface area contributed by atoms with Crippen LogP contribution in [0.15, 0.2) is 12.2 Å². The summed E-state index contributed by atoms with van der Waals surface area (Å²) < 4.78 is 0. The zero-order valence-electron chi connectivity index (χ0n) is 17.1. The summed E-state index contributed by atoms with van der Waals surface area (Å²) in [7, 11) is 0. The smallest absolute Gasteiger partial charge is 0.243 e. The molecule has 148 valence electrons. The minimum atomic E-state index is -0.633. The van der Waals surface area contributed by atoms with Gasteiger partial charge in [-0.05, 0) is 37.0 Å². The summed E-state index contributed by atoms with van der Waals surface area (Å²) in [6.07, 6.45) is 4.89. The highest BCUT2D eigenvalue weighted by molar-refractivity contribution is 5.89. The summed E-state index contributed by atoms with van der Waals surface area (Å²) in [6.45, 7) is 12.1. The quantitative estimate of drug-likeness (QED) is 0.489. The second-order valence-electron chi connectivity index (χ2n) is 8.16. The van der Waals surface area contributed by atoms with Gasteiger partial charge in [0.25, 0.3) is 0 Å². The van der Waals surface area contributed by atoms with Crippen LogP contribution in [0.1, 0.15) is 60.8 Å². The van der Waals surface area contributed by atoms with E-state index in [1.807, 2.05) is 33.8 Å². The number of nitrogens with two attached hydrogens (primary N) is 1. The van der Waals surface area contributed by atoms with E-state index in [9.17, 15) is 9.59 Å². The Kier molecular flexibility index (Phi) is 11.6. The molecule has 0 aromatic rings. The molecule has 0 aliphatic carbocycles. The lowest BCUT2D eigenvalue weighted by Crippen LogP contribution is -2.53. The lowest BCUT2D eigenvalue weighted by Gasteiger charge is -2.25. The molecular weight excluding hydrogens is 328 g/mol. The van der Waals surface area contributed by atoms with E-state index in [1.54, 1.807) is 6.08 Å². The van der Waals surface area contributed by atoms with Gasteiger partial charge in [0.15, 0.2) is 0 Å². The van der Waals surface area contributed by atoms with Crippen molar-refractivity contribution in [1.29, 1.82) is 5.26 Å². The van der Waals surface area contributed by atoms with Crippen LogP contribution in [0.4, 0.5) is 0 Å². The molecule has 0 aromatic heterocycles. The summed E-state index contributed by atoms with van der Waals surface area (Å²) in [5.41, 5.74) is 5.94. The second-order valence-corrected chi connectivity index (χ2v) is 8.16. The van der Waals surface area contributed by atoms with E-state index in [2.05, 4.69) is 24.5 Å². The third-order valence-electron chi connectivity index (χ3n) is 3.86. The van der Waals surface area contributed by atoms with Gasteiger partial charge in [0, 0.05) is 12.1 Å². The van der Waals surface area contributed by atoms with Crippen molar-refractivity contribution in [2.45, 2.75) is 78.9 Å². The standard InChI is InChI=1S/C20H36N4O2/c1-13(2)10-16(8-7-9-21)23-20(26)18(12-15(5)6)24-19(25)17(22)11-14(3)4/h7-8,13-18H,10-12,22H2,1-6H3,(H,23,26)(H,24,25)/b8-7+/t16-,17+,18+/m1/s1. The van der Waals surface area contributed by atoms with Crippen molar-refractivity contribution in [3.8, 4) is 6.07 Å². The zero-order chi connectivity index (χ0) is 20.3. The van der Waals surface area contributed by atoms with Gasteiger partial charge < -0.3 is 16.4 Å². The molecule has 0 bridgehead atoms. The Balaban J connectivity index is 5.08. The molecule has 0 saturated heterocycles. The molecule has 26 heavy (non-hydrogen) atoms. The number of allylic oxidation sites excluding steroid dienone is 1. The summed E-state index contributed by atoms with van der Waals surface area (Å²) in [6, 6.07) is 0.459. The van der Waals surface area contributed by atoms with Crippen molar-refractivity contribution < 1.29 is 9.59 Å². The highest BCUT2D eigenvalue weighted by Crippen LogP contribution is 2.10. The van der Waals surface area contributed by atoms with Crippen molar-refractivity contribution in [1.82, 2.24) is 10.6 Å². The molecule has 0 aromatic carbocycles. The van der Waals surface area contributed by atoms with E-state index < -0.39 is 12.1 Å². The van der Waals surface area contributed by atoms with Crippen molar-refractivity contribution in [2.75, 3.05) is 0 Å². The third kappa shape index (κ3) is 10.9. The molecule has 4 N–H and O–H groups in total. The minimum absolute atomic E-state index is 0.238. The Morgan fingerprint density at radius 3 is 1.92 bits per heavy atom. The van der Waals surface area contributed by atoms with Crippen LogP contribution < -0.4 is 16.4 Å². The zero-order valence-corrected chi connectivity index (χ0v) is 17.1. The predicted octanol–water partition coefficient (Wildman–Crippen LogP) is 2.50. The van der Waals surface area contributed by atoms with Gasteiger partial charge in [-0.2, -0.15) is 5.26 Å². The summed E-state index contributed by atoms with van der Waals surface area (Å²) in [4.78, 5) is 25.1. The maximum atomic E-state index is 12.7. The lowest BCUT2D eigenvalue weighted by atomic mass is 9.99. The summed E-state index contributed by atoms with van der Waals surface area (Å²) >= 11 is 0. The average molecular weight is 365 g/mol. The maximum Gasteiger partial charge on any atom is 0.243 e. The monoisotopic (exact) mass is 364 g/mol. The van der Waals surface area contributed by atoms with Crippen LogP contribution in [0, 0.1) is 29.1 Å². The molecule has 0 aliphatic heterocycles. The number of nitrogens with one attached hydrogen (secondary N) is 2. The molecule has 0 aliphatic rings. The van der Waals surface area contributed by atoms with Gasteiger partial charge in [-0.25, -0.2) is 0 Å². The topological polar surface area (TPSA) is 108 Å². The van der Waals surface area contributed by atoms with Gasteiger partial charge in [0.1, 0.15) is 6.04 Å². The highest BCUT2D eigenvalue weighted by atomic mass is 16.2. The Morgan fingerprint density at radius 1 is 0.923 bits per heavy atom. The average Bonchev–Trinajstić information content (AvgIpc) is 2.50. The Morgan fingerprint density at radius 2 is 1.46 bits per heavy atom. The number of rotatable bonds is 11. The van der Waals surface area contributed by atoms with Crippen LogP contribution in [-0.4, -0.2) is 29.9 Å². The van der Waals surface area contributed by atoms with Gasteiger partial charge in [-0.1, -0.05) is 47.6 Å². The van der Waals surface area contributed by atoms with Crippen molar-refractivity contribution in [3.63, 3.8) is 0 Å². The number of hydrogen-bond acceptors (Lipinski definition) is 4. The van der Waals surface area contributed by atoms with Gasteiger partial charge in [-0.15, -0.1) is 0 Å². The highest BCUT2D eigenvalue weighted by Gasteiger charge is 2.26. The second kappa shape index (κ2) is 12.5. The number of hydrogen-bond donors (Lipinski definition) is 3. The van der Waals surface area contributed by atoms with E-state index >= 15 is 0 Å². The maximum absolute atomic E-state index is 12.7. The molecule has 0 fully saturated rings. The van der Waals surface area contributed by atoms with E-state index in [-0.39, 0.29) is 23.8 Å². The van der Waals surface area contributed by atoms with Crippen molar-refractivity contribution in [3.05, 3.63) is 12.2 Å². The van der Waals surface area contributed by atoms with Gasteiger partial charge >= 0.3 is 0 Å². The van der Waals surface area contributed by atoms with E-state index in [0.29, 0.717) is 24.7 Å². The van der Waals surface area contributed by atoms with Crippen molar-refractivity contribution >= 4 is 11.8 Å². The van der Waals surface area contributed by atoms with Gasteiger partial charge in [0.2, 0.25) is 11.8 Å². The Labute approximate surface area is 158 Å². The number of carbonyl (C=O) groups excluding carboxylic acids is 2. The molecular formula is C20H36N4O2. The molecule has 0 radical (unpaired) electrons. The van der Waals surface area contributed by atoms with E-state index in [0.717, 1.165) is 6.42 Å². The first kappa shape index (κ1) is 24.1. The van der Waals surface area contributed by atoms with Gasteiger partial charge in [0.05, 0.1) is 12.1 Å². The molecule has 6 nitrogen and oxygen atoms in total. The van der Waals surface area contributed by atoms with Crippen molar-refractivity contribution in [2.24, 2.45) is 23.5 Å². The Bertz CT molecular complexity index is 506. The fourth-order valence-electron chi connectivity index (χ4n) is 2.73. The van der Waals surface area contributed by atoms with Crippen LogP contribution in [-0.2, 0) is 9.59 Å². The predicted molar refractivity (Wildman–Crippen MR) is 105 cm³/mol. The number of amides is 2. The van der Waals surface area contributed by atoms with Crippen LogP contribution in [0.25, 0.3) is 0 Å². The molecule has 3 atom stereocenters. The molecule has 0 rings (SSSR count). The van der Waals surface area contributed by atoms with Gasteiger partial charge in [-0.3, -0.25) is 9.59 Å². The first-order valence-electron chi connectivity index (χ1n) is 9.49. The van der Waals surface area contributed by atoms with Crippen LogP contribution in [0.5, 0.6) is 0 Å². The molecule has 0 spiro atoms. The fourth-order valence-corrected chi connectivity index (χ4v) is 2.73. The summed E-state index contributed by atoms with van der Waals surface area (Å²) in [5, 5.41) is 14.5. The summed E-state index contributed by atoms with van der Waals surface area (Å²) in [5.74, 6) is 0.371. The molecule has 2 amide bonds. The van der Waals surface area contributed by atoms with E-state index in [4.69, 9.17) is 11.0 Å². The largest absolute Gasteiger partial charge is 0.348 e. The number of carbonyl (C=O) groups is 2. The first-order valence-corrected chi connectivity index (χ1v) is 9.49. The number of nitrogens with zero attached hydrogens (tertiary/aromatic N) is 1. The van der Waals surface area contributed by atoms with Crippen LogP contribution >= 0.6 is 0 Å². The molecule has 0 heterocycles. The molecule has 0 unspecified atom stereocenters. The Hall–Kier alpha value is -1.87. The minimum Gasteiger partial charge on any atom is -0.348 e. The van der Waals surface area contributed by atoms with Crippen LogP contribution in [0.3, 0.4) is 0 Å².